The SMILES string of the molecule is [N-]=[N+]=Nc1ccc(C(=O)NCCCCCC(=O)OCOC(=O)ON2C(=O)CCC2=O)c([N+](=O)[O-])c1. The second-order valence-electron chi connectivity index (χ2n) is 6.92. The number of imide groups is 1. The predicted octanol–water partition coefficient (Wildman–Crippen LogP) is 2.54. The molecule has 16 nitrogen and oxygen atoms in total. The summed E-state index contributed by atoms with van der Waals surface area (Å²) >= 11 is 0. The van der Waals surface area contributed by atoms with Gasteiger partial charge in [-0.1, -0.05) is 22.7 Å². The van der Waals surface area contributed by atoms with E-state index in [4.69, 9.17) is 5.53 Å². The van der Waals surface area contributed by atoms with Crippen LogP contribution in [0.2, 0.25) is 0 Å². The maximum atomic E-state index is 12.2. The molecule has 0 bridgehead atoms. The van der Waals surface area contributed by atoms with Crippen molar-refractivity contribution >= 4 is 41.2 Å². The van der Waals surface area contributed by atoms with Crippen molar-refractivity contribution in [2.75, 3.05) is 13.3 Å². The molecule has 1 aromatic carbocycles. The molecule has 1 heterocycles. The second-order valence-corrected chi connectivity index (χ2v) is 6.92. The van der Waals surface area contributed by atoms with Gasteiger partial charge in [0, 0.05) is 42.5 Å². The Bertz CT molecular complexity index is 1050. The number of hydroxylamine groups is 2. The number of nitrogens with one attached hydrogen (secondary N) is 1. The summed E-state index contributed by atoms with van der Waals surface area (Å²) in [6.07, 6.45) is -0.170. The third-order valence-corrected chi connectivity index (χ3v) is 4.49. The van der Waals surface area contributed by atoms with E-state index in [0.717, 1.165) is 6.07 Å². The summed E-state index contributed by atoms with van der Waals surface area (Å²) in [4.78, 5) is 75.2. The maximum Gasteiger partial charge on any atom is 0.536 e. The van der Waals surface area contributed by atoms with Crippen LogP contribution in [-0.4, -0.2) is 53.2 Å². The fourth-order valence-electron chi connectivity index (χ4n) is 2.82. The molecule has 0 radical (unpaired) electrons. The zero-order chi connectivity index (χ0) is 25.8. The lowest BCUT2D eigenvalue weighted by Crippen LogP contribution is -2.32. The van der Waals surface area contributed by atoms with Gasteiger partial charge in [-0.15, -0.1) is 0 Å². The molecule has 0 atom stereocenters. The Kier molecular flexibility index (Phi) is 9.93. The summed E-state index contributed by atoms with van der Waals surface area (Å²) in [7, 11) is 0. The van der Waals surface area contributed by atoms with Crippen LogP contribution < -0.4 is 5.32 Å². The van der Waals surface area contributed by atoms with Crippen molar-refractivity contribution in [3.63, 3.8) is 0 Å². The number of nitro groups is 1. The lowest BCUT2D eigenvalue weighted by molar-refractivity contribution is -0.385. The number of carbonyl (C=O) groups excluding carboxylic acids is 5. The van der Waals surface area contributed by atoms with E-state index in [1.54, 1.807) is 0 Å². The highest BCUT2D eigenvalue weighted by Crippen LogP contribution is 2.25. The molecule has 0 spiro atoms. The fourth-order valence-corrected chi connectivity index (χ4v) is 2.82. The summed E-state index contributed by atoms with van der Waals surface area (Å²) in [5, 5.41) is 17.2. The lowest BCUT2D eigenvalue weighted by atomic mass is 10.1. The molecular formula is C19H20N6O10. The van der Waals surface area contributed by atoms with Crippen molar-refractivity contribution in [3.05, 3.63) is 44.3 Å². The number of amides is 3. The molecule has 1 saturated heterocycles. The van der Waals surface area contributed by atoms with Crippen molar-refractivity contribution in [1.82, 2.24) is 10.4 Å². The first-order chi connectivity index (χ1) is 16.7. The summed E-state index contributed by atoms with van der Waals surface area (Å²) < 4.78 is 9.14. The molecule has 1 aliphatic heterocycles. The molecule has 1 aromatic rings. The Morgan fingerprint density at radius 1 is 1.14 bits per heavy atom. The average Bonchev–Trinajstić information content (AvgIpc) is 3.13. The van der Waals surface area contributed by atoms with Crippen LogP contribution in [0.3, 0.4) is 0 Å². The van der Waals surface area contributed by atoms with Crippen LogP contribution in [0.25, 0.3) is 10.4 Å². The van der Waals surface area contributed by atoms with Crippen LogP contribution in [0.5, 0.6) is 0 Å². The van der Waals surface area contributed by atoms with Crippen molar-refractivity contribution < 1.29 is 43.2 Å². The van der Waals surface area contributed by atoms with Crippen LogP contribution in [0.1, 0.15) is 48.9 Å². The first-order valence-corrected chi connectivity index (χ1v) is 10.2. The molecule has 1 N–H and O–H groups in total. The van der Waals surface area contributed by atoms with Crippen LogP contribution in [0.15, 0.2) is 23.3 Å². The Labute approximate surface area is 196 Å². The number of nitrogens with zero attached hydrogens (tertiary/aromatic N) is 5. The Hall–Kier alpha value is -4.72. The summed E-state index contributed by atoms with van der Waals surface area (Å²) in [6.45, 7) is -0.576. The van der Waals surface area contributed by atoms with Crippen LogP contribution in [-0.2, 0) is 28.7 Å². The molecule has 0 saturated carbocycles. The molecule has 3 amide bonds. The highest BCUT2D eigenvalue weighted by molar-refractivity contribution is 6.01. The Morgan fingerprint density at radius 3 is 2.51 bits per heavy atom. The van der Waals surface area contributed by atoms with Gasteiger partial charge in [0.15, 0.2) is 0 Å². The first kappa shape index (κ1) is 26.5. The van der Waals surface area contributed by atoms with Crippen molar-refractivity contribution in [3.8, 4) is 0 Å². The van der Waals surface area contributed by atoms with Crippen molar-refractivity contribution in [2.45, 2.75) is 38.5 Å². The number of nitro benzene ring substituents is 1. The summed E-state index contributed by atoms with van der Waals surface area (Å²) in [5.41, 5.74) is 7.72. The van der Waals surface area contributed by atoms with E-state index in [1.165, 1.54) is 12.1 Å². The van der Waals surface area contributed by atoms with E-state index in [2.05, 4.69) is 29.7 Å². The number of hydrogen-bond acceptors (Lipinski definition) is 11. The first-order valence-electron chi connectivity index (χ1n) is 10.2. The molecule has 0 aromatic heterocycles. The molecular weight excluding hydrogens is 472 g/mol. The lowest BCUT2D eigenvalue weighted by Gasteiger charge is -2.12. The monoisotopic (exact) mass is 492 g/mol. The maximum absolute atomic E-state index is 12.2. The number of rotatable bonds is 12. The summed E-state index contributed by atoms with van der Waals surface area (Å²) in [5.74, 6) is -2.71. The average molecular weight is 492 g/mol. The topological polar surface area (TPSA) is 220 Å². The number of esters is 1. The standard InChI is InChI=1S/C19H20N6O10/c20-23-22-12-5-6-13(14(10-12)25(31)32)18(29)21-9-3-1-2-4-17(28)33-11-34-19(30)35-24-15(26)7-8-16(24)27/h5-6,10H,1-4,7-9,11H2,(H,21,29). The molecule has 0 aliphatic carbocycles. The van der Waals surface area contributed by atoms with Gasteiger partial charge in [-0.2, -0.15) is 0 Å². The molecule has 2 rings (SSSR count). The smallest absolute Gasteiger partial charge is 0.428 e. The van der Waals surface area contributed by atoms with Gasteiger partial charge in [0.25, 0.3) is 23.4 Å². The number of hydrogen-bond donors (Lipinski definition) is 1. The quantitative estimate of drug-likeness (QED) is 0.0516. The van der Waals surface area contributed by atoms with Gasteiger partial charge in [0.05, 0.1) is 4.92 Å². The van der Waals surface area contributed by atoms with E-state index < -0.39 is 47.2 Å². The van der Waals surface area contributed by atoms with Gasteiger partial charge >= 0.3 is 12.1 Å². The number of carbonyl (C=O) groups is 5. The zero-order valence-corrected chi connectivity index (χ0v) is 18.2. The molecule has 16 heteroatoms. The van der Waals surface area contributed by atoms with Gasteiger partial charge in [-0.25, -0.2) is 4.79 Å². The molecule has 0 unspecified atom stereocenters. The van der Waals surface area contributed by atoms with E-state index in [-0.39, 0.29) is 37.1 Å². The predicted molar refractivity (Wildman–Crippen MR) is 112 cm³/mol. The number of benzene rings is 1. The van der Waals surface area contributed by atoms with Crippen LogP contribution >= 0.6 is 0 Å². The number of unbranched alkanes of at least 4 members (excludes halogenated alkanes) is 2. The molecule has 186 valence electrons. The van der Waals surface area contributed by atoms with Gasteiger partial charge < -0.3 is 14.8 Å². The van der Waals surface area contributed by atoms with E-state index in [0.29, 0.717) is 24.3 Å². The second kappa shape index (κ2) is 13.1. The van der Waals surface area contributed by atoms with Crippen molar-refractivity contribution in [1.29, 1.82) is 0 Å². The van der Waals surface area contributed by atoms with Gasteiger partial charge in [0.1, 0.15) is 5.56 Å². The normalized spacial score (nSPS) is 12.5. The highest BCUT2D eigenvalue weighted by atomic mass is 16.9. The fraction of sp³-hybridized carbons (Fsp3) is 0.421. The third kappa shape index (κ3) is 8.29. The highest BCUT2D eigenvalue weighted by Gasteiger charge is 2.33. The van der Waals surface area contributed by atoms with Gasteiger partial charge in [0.2, 0.25) is 6.79 Å². The molecule has 35 heavy (non-hydrogen) atoms. The van der Waals surface area contributed by atoms with E-state index in [1.807, 2.05) is 0 Å². The Morgan fingerprint density at radius 2 is 1.86 bits per heavy atom. The zero-order valence-electron chi connectivity index (χ0n) is 18.2. The van der Waals surface area contributed by atoms with Crippen molar-refractivity contribution in [2.24, 2.45) is 5.11 Å². The van der Waals surface area contributed by atoms with Crippen LogP contribution in [0.4, 0.5) is 16.2 Å². The van der Waals surface area contributed by atoms with E-state index >= 15 is 0 Å². The minimum Gasteiger partial charge on any atom is -0.428 e. The summed E-state index contributed by atoms with van der Waals surface area (Å²) in [6, 6.07) is 3.46. The number of azide groups is 1. The van der Waals surface area contributed by atoms with Gasteiger partial charge in [-0.3, -0.25) is 34.1 Å². The Balaban J connectivity index is 1.60. The largest absolute Gasteiger partial charge is 0.536 e. The van der Waals surface area contributed by atoms with Gasteiger partial charge in [-0.05, 0) is 24.4 Å². The molecule has 1 fully saturated rings. The number of ether oxygens (including phenoxy) is 2. The minimum atomic E-state index is -1.37. The van der Waals surface area contributed by atoms with Crippen LogP contribution in [0, 0.1) is 10.1 Å². The molecule has 1 aliphatic rings. The third-order valence-electron chi connectivity index (χ3n) is 4.49. The minimum absolute atomic E-state index is 0.00159. The van der Waals surface area contributed by atoms with E-state index in [9.17, 15) is 34.1 Å².